The Balaban J connectivity index is 1.55. The maximum Gasteiger partial charge on any atom is 0.230 e. The van der Waals surface area contributed by atoms with E-state index in [0.29, 0.717) is 19.8 Å². The first-order chi connectivity index (χ1) is 11.6. The third-order valence-corrected chi connectivity index (χ3v) is 5.44. The van der Waals surface area contributed by atoms with Crippen molar-refractivity contribution in [1.82, 2.24) is 9.80 Å². The molecule has 2 heterocycles. The van der Waals surface area contributed by atoms with Crippen molar-refractivity contribution in [3.05, 3.63) is 35.4 Å². The summed E-state index contributed by atoms with van der Waals surface area (Å²) in [5.41, 5.74) is 8.23. The van der Waals surface area contributed by atoms with E-state index in [2.05, 4.69) is 36.1 Å². The summed E-state index contributed by atoms with van der Waals surface area (Å²) < 4.78 is 5.42. The molecule has 2 aliphatic heterocycles. The Morgan fingerprint density at radius 1 is 1.21 bits per heavy atom. The Hall–Kier alpha value is -1.43. The Kier molecular flexibility index (Phi) is 5.54. The number of nitrogens with zero attached hydrogens (tertiary/aromatic N) is 2. The number of nitrogens with two attached hydrogens (primary N) is 1. The summed E-state index contributed by atoms with van der Waals surface area (Å²) in [5.74, 6) is 0.239. The number of benzene rings is 1. The van der Waals surface area contributed by atoms with Crippen LogP contribution in [0, 0.1) is 12.3 Å². The summed E-state index contributed by atoms with van der Waals surface area (Å²) in [6.45, 7) is 8.26. The Morgan fingerprint density at radius 2 is 1.92 bits per heavy atom. The maximum absolute atomic E-state index is 13.0. The van der Waals surface area contributed by atoms with Crippen LogP contribution in [0.2, 0.25) is 0 Å². The molecule has 0 bridgehead atoms. The Morgan fingerprint density at radius 3 is 2.54 bits per heavy atom. The molecule has 1 amide bonds. The molecule has 2 N–H and O–H groups in total. The van der Waals surface area contributed by atoms with E-state index in [1.165, 1.54) is 11.1 Å². The number of hydrogen-bond donors (Lipinski definition) is 1. The highest BCUT2D eigenvalue weighted by molar-refractivity contribution is 5.83. The van der Waals surface area contributed by atoms with Crippen LogP contribution in [-0.4, -0.2) is 61.6 Å². The molecule has 3 rings (SSSR count). The van der Waals surface area contributed by atoms with Gasteiger partial charge >= 0.3 is 0 Å². The third kappa shape index (κ3) is 3.79. The predicted molar refractivity (Wildman–Crippen MR) is 94.6 cm³/mol. The van der Waals surface area contributed by atoms with Crippen LogP contribution < -0.4 is 5.73 Å². The monoisotopic (exact) mass is 331 g/mol. The molecule has 24 heavy (non-hydrogen) atoms. The molecule has 0 atom stereocenters. The molecule has 2 aliphatic rings. The first-order valence-electron chi connectivity index (χ1n) is 8.98. The lowest BCUT2D eigenvalue weighted by molar-refractivity contribution is -0.149. The maximum atomic E-state index is 13.0. The number of carbonyl (C=O) groups is 1. The quantitative estimate of drug-likeness (QED) is 0.906. The number of carbonyl (C=O) groups excluding carboxylic acids is 1. The molecule has 132 valence electrons. The fraction of sp³-hybridized carbons (Fsp3) is 0.632. The van der Waals surface area contributed by atoms with Crippen LogP contribution in [0.25, 0.3) is 0 Å². The van der Waals surface area contributed by atoms with Gasteiger partial charge in [0.15, 0.2) is 0 Å². The van der Waals surface area contributed by atoms with E-state index in [1.54, 1.807) is 0 Å². The molecular formula is C19H29N3O2. The van der Waals surface area contributed by atoms with Gasteiger partial charge in [-0.1, -0.05) is 29.8 Å². The van der Waals surface area contributed by atoms with E-state index in [-0.39, 0.29) is 5.91 Å². The van der Waals surface area contributed by atoms with Gasteiger partial charge in [0.2, 0.25) is 5.91 Å². The van der Waals surface area contributed by atoms with E-state index in [0.717, 1.165) is 45.6 Å². The first-order valence-corrected chi connectivity index (χ1v) is 8.98. The molecule has 0 saturated carbocycles. The average Bonchev–Trinajstić information content (AvgIpc) is 2.62. The molecule has 1 aromatic carbocycles. The van der Waals surface area contributed by atoms with E-state index in [1.807, 2.05) is 4.90 Å². The minimum absolute atomic E-state index is 0.239. The molecule has 5 heteroatoms. The van der Waals surface area contributed by atoms with Gasteiger partial charge < -0.3 is 15.4 Å². The lowest BCUT2D eigenvalue weighted by Gasteiger charge is -2.42. The van der Waals surface area contributed by atoms with Gasteiger partial charge in [-0.3, -0.25) is 9.69 Å². The van der Waals surface area contributed by atoms with E-state index < -0.39 is 5.41 Å². The second kappa shape index (κ2) is 7.64. The fourth-order valence-electron chi connectivity index (χ4n) is 3.78. The highest BCUT2D eigenvalue weighted by Gasteiger charge is 2.41. The average molecular weight is 331 g/mol. The van der Waals surface area contributed by atoms with E-state index >= 15 is 0 Å². The first kappa shape index (κ1) is 17.4. The fourth-order valence-corrected chi connectivity index (χ4v) is 3.78. The molecule has 0 aromatic heterocycles. The van der Waals surface area contributed by atoms with Gasteiger partial charge in [-0.05, 0) is 25.3 Å². The molecule has 0 radical (unpaired) electrons. The summed E-state index contributed by atoms with van der Waals surface area (Å²) in [7, 11) is 0. The highest BCUT2D eigenvalue weighted by Crippen LogP contribution is 2.32. The lowest BCUT2D eigenvalue weighted by atomic mass is 9.78. The Labute approximate surface area is 144 Å². The zero-order chi connectivity index (χ0) is 17.0. The standard InChI is InChI=1S/C19H29N3O2/c1-16-3-2-4-17(13-16)14-21-7-9-22(10-8-21)18(23)19(15-20)5-11-24-12-6-19/h2-4,13H,5-12,14-15,20H2,1H3. The second-order valence-corrected chi connectivity index (χ2v) is 7.15. The van der Waals surface area contributed by atoms with Crippen molar-refractivity contribution in [1.29, 1.82) is 0 Å². The number of aryl methyl sites for hydroxylation is 1. The minimum atomic E-state index is -0.392. The molecule has 0 aliphatic carbocycles. The topological polar surface area (TPSA) is 58.8 Å². The van der Waals surface area contributed by atoms with Crippen LogP contribution in [0.3, 0.4) is 0 Å². The van der Waals surface area contributed by atoms with Crippen LogP contribution in [0.5, 0.6) is 0 Å². The zero-order valence-electron chi connectivity index (χ0n) is 14.7. The van der Waals surface area contributed by atoms with Crippen molar-refractivity contribution in [2.75, 3.05) is 45.9 Å². The largest absolute Gasteiger partial charge is 0.381 e. The highest BCUT2D eigenvalue weighted by atomic mass is 16.5. The van der Waals surface area contributed by atoms with Crippen LogP contribution in [0.1, 0.15) is 24.0 Å². The molecule has 2 fully saturated rings. The van der Waals surface area contributed by atoms with Crippen molar-refractivity contribution in [3.63, 3.8) is 0 Å². The van der Waals surface area contributed by atoms with Gasteiger partial charge in [0, 0.05) is 52.5 Å². The normalized spacial score (nSPS) is 21.7. The summed E-state index contributed by atoms with van der Waals surface area (Å²) in [5, 5.41) is 0. The van der Waals surface area contributed by atoms with Crippen molar-refractivity contribution in [2.24, 2.45) is 11.1 Å². The number of piperazine rings is 1. The molecule has 1 aromatic rings. The smallest absolute Gasteiger partial charge is 0.230 e. The van der Waals surface area contributed by atoms with Crippen LogP contribution >= 0.6 is 0 Å². The number of ether oxygens (including phenoxy) is 1. The van der Waals surface area contributed by atoms with Crippen LogP contribution in [0.15, 0.2) is 24.3 Å². The summed E-state index contributed by atoms with van der Waals surface area (Å²) in [6.07, 6.45) is 1.51. The molecule has 0 spiro atoms. The Bertz CT molecular complexity index is 561. The lowest BCUT2D eigenvalue weighted by Crippen LogP contribution is -2.56. The van der Waals surface area contributed by atoms with Gasteiger partial charge in [-0.15, -0.1) is 0 Å². The minimum Gasteiger partial charge on any atom is -0.381 e. The molecule has 5 nitrogen and oxygen atoms in total. The summed E-state index contributed by atoms with van der Waals surface area (Å²) >= 11 is 0. The van der Waals surface area contributed by atoms with Gasteiger partial charge in [-0.25, -0.2) is 0 Å². The van der Waals surface area contributed by atoms with Crippen LogP contribution in [0.4, 0.5) is 0 Å². The van der Waals surface area contributed by atoms with Gasteiger partial charge in [0.1, 0.15) is 0 Å². The van der Waals surface area contributed by atoms with Crippen molar-refractivity contribution < 1.29 is 9.53 Å². The van der Waals surface area contributed by atoms with E-state index in [4.69, 9.17) is 10.5 Å². The third-order valence-electron chi connectivity index (χ3n) is 5.44. The van der Waals surface area contributed by atoms with Gasteiger partial charge in [0.05, 0.1) is 5.41 Å². The van der Waals surface area contributed by atoms with Crippen LogP contribution in [-0.2, 0) is 16.1 Å². The second-order valence-electron chi connectivity index (χ2n) is 7.15. The van der Waals surface area contributed by atoms with E-state index in [9.17, 15) is 4.79 Å². The van der Waals surface area contributed by atoms with Crippen molar-refractivity contribution in [3.8, 4) is 0 Å². The molecular weight excluding hydrogens is 302 g/mol. The number of amides is 1. The molecule has 0 unspecified atom stereocenters. The SMILES string of the molecule is Cc1cccc(CN2CCN(C(=O)C3(CN)CCOCC3)CC2)c1. The number of rotatable bonds is 4. The van der Waals surface area contributed by atoms with Gasteiger partial charge in [-0.2, -0.15) is 0 Å². The summed E-state index contributed by atoms with van der Waals surface area (Å²) in [4.78, 5) is 17.4. The number of hydrogen-bond acceptors (Lipinski definition) is 4. The summed E-state index contributed by atoms with van der Waals surface area (Å²) in [6, 6.07) is 8.65. The van der Waals surface area contributed by atoms with Crippen molar-refractivity contribution >= 4 is 5.91 Å². The van der Waals surface area contributed by atoms with Crippen molar-refractivity contribution in [2.45, 2.75) is 26.3 Å². The van der Waals surface area contributed by atoms with Gasteiger partial charge in [0.25, 0.3) is 0 Å². The molecule has 2 saturated heterocycles. The predicted octanol–water partition coefficient (Wildman–Crippen LogP) is 1.39. The zero-order valence-corrected chi connectivity index (χ0v) is 14.7.